The molecule has 0 bridgehead atoms. The van der Waals surface area contributed by atoms with E-state index in [9.17, 15) is 0 Å². The maximum atomic E-state index is 5.71. The molecule has 1 aromatic heterocycles. The van der Waals surface area contributed by atoms with E-state index in [1.54, 1.807) is 18.4 Å². The number of thiazole rings is 1. The molecule has 0 unspecified atom stereocenters. The molecule has 0 spiro atoms. The molecule has 0 amide bonds. The molecule has 0 aliphatic rings. The number of methoxy groups -OCH3 is 1. The van der Waals surface area contributed by atoms with Crippen LogP contribution in [0.15, 0.2) is 5.38 Å². The lowest BCUT2D eigenvalue weighted by molar-refractivity contribution is -0.0219. The highest BCUT2D eigenvalue weighted by atomic mass is 32.1. The Morgan fingerprint density at radius 1 is 1.39 bits per heavy atom. The van der Waals surface area contributed by atoms with E-state index in [4.69, 9.17) is 9.72 Å². The summed E-state index contributed by atoms with van der Waals surface area (Å²) in [5, 5.41) is 6.70. The van der Waals surface area contributed by atoms with Gasteiger partial charge in [0.05, 0.1) is 5.69 Å². The first-order valence-corrected chi connectivity index (χ1v) is 7.69. The Labute approximate surface area is 115 Å². The van der Waals surface area contributed by atoms with E-state index >= 15 is 0 Å². The number of nitrogens with one attached hydrogen (secondary N) is 1. The van der Waals surface area contributed by atoms with Crippen molar-refractivity contribution in [3.8, 4) is 0 Å². The quantitative estimate of drug-likeness (QED) is 0.786. The number of rotatable bonds is 8. The van der Waals surface area contributed by atoms with Gasteiger partial charge in [-0.25, -0.2) is 4.98 Å². The van der Waals surface area contributed by atoms with Crippen molar-refractivity contribution in [1.82, 2.24) is 10.3 Å². The highest BCUT2D eigenvalue weighted by Gasteiger charge is 2.31. The van der Waals surface area contributed by atoms with Crippen molar-refractivity contribution in [1.29, 1.82) is 0 Å². The van der Waals surface area contributed by atoms with Crippen LogP contribution in [-0.4, -0.2) is 24.7 Å². The fourth-order valence-electron chi connectivity index (χ4n) is 2.05. The number of aromatic nitrogens is 1. The van der Waals surface area contributed by atoms with Crippen molar-refractivity contribution in [3.63, 3.8) is 0 Å². The third kappa shape index (κ3) is 3.77. The van der Waals surface area contributed by atoms with Crippen LogP contribution in [0.1, 0.15) is 51.2 Å². The standard InChI is InChI=1S/C14H26N2OS/c1-6-14(7-2,17-5)13-16-12(10-18-13)8-9-15-11(3)4/h10-11,15H,6-9H2,1-5H3. The van der Waals surface area contributed by atoms with Crippen molar-refractivity contribution in [2.45, 2.75) is 58.6 Å². The van der Waals surface area contributed by atoms with Gasteiger partial charge in [-0.1, -0.05) is 27.7 Å². The van der Waals surface area contributed by atoms with Crippen LogP contribution in [0.25, 0.3) is 0 Å². The van der Waals surface area contributed by atoms with Crippen LogP contribution in [0, 0.1) is 0 Å². The zero-order valence-corrected chi connectivity index (χ0v) is 13.1. The highest BCUT2D eigenvalue weighted by Crippen LogP contribution is 2.34. The van der Waals surface area contributed by atoms with Crippen LogP contribution in [0.2, 0.25) is 0 Å². The molecular formula is C14H26N2OS. The topological polar surface area (TPSA) is 34.1 Å². The number of ether oxygens (including phenoxy) is 1. The van der Waals surface area contributed by atoms with Gasteiger partial charge in [0.1, 0.15) is 10.6 Å². The Balaban J connectivity index is 2.67. The first-order valence-electron chi connectivity index (χ1n) is 6.81. The van der Waals surface area contributed by atoms with Crippen LogP contribution in [0.3, 0.4) is 0 Å². The van der Waals surface area contributed by atoms with Gasteiger partial charge in [-0.3, -0.25) is 0 Å². The molecule has 0 atom stereocenters. The van der Waals surface area contributed by atoms with E-state index in [1.165, 1.54) is 5.69 Å². The fraction of sp³-hybridized carbons (Fsp3) is 0.786. The Morgan fingerprint density at radius 3 is 2.56 bits per heavy atom. The smallest absolute Gasteiger partial charge is 0.125 e. The average molecular weight is 270 g/mol. The van der Waals surface area contributed by atoms with E-state index in [0.717, 1.165) is 30.8 Å². The number of hydrogen-bond acceptors (Lipinski definition) is 4. The Bertz CT molecular complexity index is 337. The lowest BCUT2D eigenvalue weighted by atomic mass is 9.98. The van der Waals surface area contributed by atoms with Gasteiger partial charge in [0.15, 0.2) is 0 Å². The maximum Gasteiger partial charge on any atom is 0.125 e. The van der Waals surface area contributed by atoms with E-state index in [0.29, 0.717) is 6.04 Å². The molecule has 1 rings (SSSR count). The lowest BCUT2D eigenvalue weighted by Gasteiger charge is -2.27. The molecule has 0 saturated carbocycles. The van der Waals surface area contributed by atoms with E-state index in [1.807, 2.05) is 0 Å². The van der Waals surface area contributed by atoms with Crippen molar-refractivity contribution < 1.29 is 4.74 Å². The van der Waals surface area contributed by atoms with Gasteiger partial charge in [0.25, 0.3) is 0 Å². The normalized spacial score (nSPS) is 12.3. The molecule has 1 N–H and O–H groups in total. The van der Waals surface area contributed by atoms with Gasteiger partial charge in [0, 0.05) is 31.5 Å². The van der Waals surface area contributed by atoms with Crippen LogP contribution >= 0.6 is 11.3 Å². The molecule has 104 valence electrons. The monoisotopic (exact) mass is 270 g/mol. The summed E-state index contributed by atoms with van der Waals surface area (Å²) in [6.45, 7) is 9.63. The number of hydrogen-bond donors (Lipinski definition) is 1. The van der Waals surface area contributed by atoms with Crippen molar-refractivity contribution in [2.24, 2.45) is 0 Å². The summed E-state index contributed by atoms with van der Waals surface area (Å²) in [4.78, 5) is 4.75. The summed E-state index contributed by atoms with van der Waals surface area (Å²) in [6, 6.07) is 0.535. The predicted octanol–water partition coefficient (Wildman–Crippen LogP) is 3.35. The van der Waals surface area contributed by atoms with E-state index < -0.39 is 0 Å². The van der Waals surface area contributed by atoms with Gasteiger partial charge in [0.2, 0.25) is 0 Å². The van der Waals surface area contributed by atoms with Gasteiger partial charge >= 0.3 is 0 Å². The SMILES string of the molecule is CCC(CC)(OC)c1nc(CCNC(C)C)cs1. The molecule has 0 aromatic carbocycles. The maximum absolute atomic E-state index is 5.71. The third-order valence-corrected chi connectivity index (χ3v) is 4.48. The second-order valence-electron chi connectivity index (χ2n) is 4.91. The third-order valence-electron chi connectivity index (χ3n) is 3.41. The Kier molecular flexibility index (Phi) is 6.26. The van der Waals surface area contributed by atoms with E-state index in [2.05, 4.69) is 38.4 Å². The predicted molar refractivity (Wildman–Crippen MR) is 78.2 cm³/mol. The van der Waals surface area contributed by atoms with Gasteiger partial charge in [-0.15, -0.1) is 11.3 Å². The minimum atomic E-state index is -0.186. The largest absolute Gasteiger partial charge is 0.371 e. The molecule has 1 heterocycles. The minimum Gasteiger partial charge on any atom is -0.371 e. The zero-order valence-electron chi connectivity index (χ0n) is 12.2. The first kappa shape index (κ1) is 15.6. The second-order valence-corrected chi connectivity index (χ2v) is 5.77. The molecule has 0 aliphatic carbocycles. The molecule has 0 fully saturated rings. The summed E-state index contributed by atoms with van der Waals surface area (Å²) >= 11 is 1.73. The van der Waals surface area contributed by atoms with Gasteiger partial charge < -0.3 is 10.1 Å². The summed E-state index contributed by atoms with van der Waals surface area (Å²) in [5.41, 5.74) is 0.987. The second kappa shape index (κ2) is 7.22. The fourth-order valence-corrected chi connectivity index (χ4v) is 3.22. The van der Waals surface area contributed by atoms with Gasteiger partial charge in [-0.05, 0) is 12.8 Å². The average Bonchev–Trinajstić information content (AvgIpc) is 2.81. The molecule has 1 aromatic rings. The Hall–Kier alpha value is -0.450. The molecular weight excluding hydrogens is 244 g/mol. The Morgan fingerprint density at radius 2 is 2.06 bits per heavy atom. The summed E-state index contributed by atoms with van der Waals surface area (Å²) in [6.07, 6.45) is 2.93. The number of nitrogens with zero attached hydrogens (tertiary/aromatic N) is 1. The highest BCUT2D eigenvalue weighted by molar-refractivity contribution is 7.09. The molecule has 0 radical (unpaired) electrons. The van der Waals surface area contributed by atoms with Crippen molar-refractivity contribution in [2.75, 3.05) is 13.7 Å². The van der Waals surface area contributed by atoms with Crippen LogP contribution in [0.5, 0.6) is 0 Å². The van der Waals surface area contributed by atoms with Crippen molar-refractivity contribution in [3.05, 3.63) is 16.1 Å². The molecule has 4 heteroatoms. The summed E-state index contributed by atoms with van der Waals surface area (Å²) in [5.74, 6) is 0. The minimum absolute atomic E-state index is 0.186. The molecule has 0 saturated heterocycles. The first-order chi connectivity index (χ1) is 8.57. The van der Waals surface area contributed by atoms with Crippen LogP contribution < -0.4 is 5.32 Å². The van der Waals surface area contributed by atoms with E-state index in [-0.39, 0.29) is 5.60 Å². The van der Waals surface area contributed by atoms with Crippen LogP contribution in [0.4, 0.5) is 0 Å². The summed E-state index contributed by atoms with van der Waals surface area (Å²) in [7, 11) is 1.79. The van der Waals surface area contributed by atoms with Crippen LogP contribution in [-0.2, 0) is 16.8 Å². The van der Waals surface area contributed by atoms with Gasteiger partial charge in [-0.2, -0.15) is 0 Å². The molecule has 18 heavy (non-hydrogen) atoms. The molecule has 0 aliphatic heterocycles. The molecule has 3 nitrogen and oxygen atoms in total. The zero-order chi connectivity index (χ0) is 13.6. The van der Waals surface area contributed by atoms with Crippen molar-refractivity contribution >= 4 is 11.3 Å². The summed E-state index contributed by atoms with van der Waals surface area (Å²) < 4.78 is 5.71. The lowest BCUT2D eigenvalue weighted by Crippen LogP contribution is -2.27.